The maximum Gasteiger partial charge on any atom is 0.287 e. The summed E-state index contributed by atoms with van der Waals surface area (Å²) < 4.78 is 11.4. The van der Waals surface area contributed by atoms with Crippen molar-refractivity contribution in [3.63, 3.8) is 0 Å². The first-order valence-corrected chi connectivity index (χ1v) is 7.87. The number of hydrogen-bond acceptors (Lipinski definition) is 4. The second-order valence-electron chi connectivity index (χ2n) is 4.74. The van der Waals surface area contributed by atoms with Crippen LogP contribution in [0.1, 0.15) is 17.5 Å². The normalized spacial score (nSPS) is 11.6. The van der Waals surface area contributed by atoms with Gasteiger partial charge in [0.15, 0.2) is 11.9 Å². The predicted octanol–water partition coefficient (Wildman–Crippen LogP) is 2.36. The molecule has 0 aliphatic rings. The van der Waals surface area contributed by atoms with Gasteiger partial charge < -0.3 is 19.8 Å². The third kappa shape index (κ3) is 5.45. The van der Waals surface area contributed by atoms with Crippen LogP contribution in [-0.4, -0.2) is 31.0 Å². The fourth-order valence-corrected chi connectivity index (χ4v) is 2.04. The van der Waals surface area contributed by atoms with Crippen molar-refractivity contribution in [2.24, 2.45) is 0 Å². The molecule has 2 amide bonds. The number of rotatable bonds is 7. The van der Waals surface area contributed by atoms with Crippen molar-refractivity contribution in [1.82, 2.24) is 10.6 Å². The van der Waals surface area contributed by atoms with Gasteiger partial charge in [0.25, 0.3) is 11.8 Å². The Balaban J connectivity index is 1.67. The van der Waals surface area contributed by atoms with E-state index in [1.54, 1.807) is 31.2 Å². The zero-order chi connectivity index (χ0) is 16.7. The van der Waals surface area contributed by atoms with E-state index in [0.717, 1.165) is 4.47 Å². The highest BCUT2D eigenvalue weighted by molar-refractivity contribution is 9.10. The van der Waals surface area contributed by atoms with E-state index in [1.807, 2.05) is 12.1 Å². The number of hydrogen-bond donors (Lipinski definition) is 2. The van der Waals surface area contributed by atoms with Crippen LogP contribution in [-0.2, 0) is 4.79 Å². The van der Waals surface area contributed by atoms with E-state index in [9.17, 15) is 9.59 Å². The van der Waals surface area contributed by atoms with E-state index in [2.05, 4.69) is 26.6 Å². The monoisotopic (exact) mass is 380 g/mol. The summed E-state index contributed by atoms with van der Waals surface area (Å²) in [4.78, 5) is 23.5. The van der Waals surface area contributed by atoms with E-state index in [4.69, 9.17) is 9.15 Å². The van der Waals surface area contributed by atoms with Gasteiger partial charge in [0.1, 0.15) is 5.75 Å². The average Bonchev–Trinajstić information content (AvgIpc) is 3.07. The van der Waals surface area contributed by atoms with E-state index in [0.29, 0.717) is 18.8 Å². The second kappa shape index (κ2) is 8.38. The van der Waals surface area contributed by atoms with Crippen LogP contribution in [0.25, 0.3) is 0 Å². The number of nitrogens with one attached hydrogen (secondary N) is 2. The van der Waals surface area contributed by atoms with Crippen molar-refractivity contribution in [2.75, 3.05) is 13.1 Å². The summed E-state index contributed by atoms with van der Waals surface area (Å²) in [6.45, 7) is 2.27. The van der Waals surface area contributed by atoms with Crippen molar-refractivity contribution in [1.29, 1.82) is 0 Å². The molecule has 0 saturated heterocycles. The van der Waals surface area contributed by atoms with Gasteiger partial charge in [-0.1, -0.05) is 15.9 Å². The van der Waals surface area contributed by atoms with E-state index >= 15 is 0 Å². The number of ether oxygens (including phenoxy) is 1. The number of furan rings is 1. The van der Waals surface area contributed by atoms with E-state index in [-0.39, 0.29) is 17.6 Å². The summed E-state index contributed by atoms with van der Waals surface area (Å²) >= 11 is 3.33. The molecule has 0 aliphatic carbocycles. The molecule has 0 spiro atoms. The highest BCUT2D eigenvalue weighted by atomic mass is 79.9. The van der Waals surface area contributed by atoms with Gasteiger partial charge in [-0.25, -0.2) is 0 Å². The van der Waals surface area contributed by atoms with Gasteiger partial charge in [-0.15, -0.1) is 0 Å². The van der Waals surface area contributed by atoms with Crippen molar-refractivity contribution in [3.05, 3.63) is 52.9 Å². The van der Waals surface area contributed by atoms with Crippen LogP contribution >= 0.6 is 15.9 Å². The predicted molar refractivity (Wildman–Crippen MR) is 88.3 cm³/mol. The van der Waals surface area contributed by atoms with Crippen molar-refractivity contribution in [2.45, 2.75) is 13.0 Å². The molecule has 1 heterocycles. The smallest absolute Gasteiger partial charge is 0.287 e. The number of carbonyl (C=O) groups excluding carboxylic acids is 2. The summed E-state index contributed by atoms with van der Waals surface area (Å²) in [5.41, 5.74) is 0. The number of halogens is 1. The SMILES string of the molecule is CC(Oc1ccc(Br)cc1)C(=O)NCCNC(=O)c1ccco1. The van der Waals surface area contributed by atoms with Crippen LogP contribution in [0, 0.1) is 0 Å². The van der Waals surface area contributed by atoms with Gasteiger partial charge in [-0.05, 0) is 43.3 Å². The highest BCUT2D eigenvalue weighted by Gasteiger charge is 2.14. The van der Waals surface area contributed by atoms with Crippen molar-refractivity contribution >= 4 is 27.7 Å². The third-order valence-corrected chi connectivity index (χ3v) is 3.48. The van der Waals surface area contributed by atoms with Gasteiger partial charge in [0.05, 0.1) is 6.26 Å². The Morgan fingerprint density at radius 2 is 1.87 bits per heavy atom. The Labute approximate surface area is 142 Å². The first-order valence-electron chi connectivity index (χ1n) is 7.08. The lowest BCUT2D eigenvalue weighted by Crippen LogP contribution is -2.40. The van der Waals surface area contributed by atoms with Crippen molar-refractivity contribution < 1.29 is 18.7 Å². The van der Waals surface area contributed by atoms with E-state index in [1.165, 1.54) is 6.26 Å². The minimum atomic E-state index is -0.628. The number of benzene rings is 1. The van der Waals surface area contributed by atoms with Crippen LogP contribution in [0.2, 0.25) is 0 Å². The summed E-state index contributed by atoms with van der Waals surface area (Å²) in [7, 11) is 0. The number of amides is 2. The lowest BCUT2D eigenvalue weighted by molar-refractivity contribution is -0.127. The van der Waals surface area contributed by atoms with Crippen LogP contribution in [0.5, 0.6) is 5.75 Å². The van der Waals surface area contributed by atoms with Crippen LogP contribution < -0.4 is 15.4 Å². The molecule has 6 nitrogen and oxygen atoms in total. The molecular weight excluding hydrogens is 364 g/mol. The Hall–Kier alpha value is -2.28. The van der Waals surface area contributed by atoms with Crippen molar-refractivity contribution in [3.8, 4) is 5.75 Å². The lowest BCUT2D eigenvalue weighted by Gasteiger charge is -2.14. The zero-order valence-electron chi connectivity index (χ0n) is 12.5. The standard InChI is InChI=1S/C16H17BrN2O4/c1-11(23-13-6-4-12(17)5-7-13)15(20)18-8-9-19-16(21)14-3-2-10-22-14/h2-7,10-11H,8-9H2,1H3,(H,18,20)(H,19,21). The van der Waals surface area contributed by atoms with Crippen LogP contribution in [0.3, 0.4) is 0 Å². The molecule has 1 aromatic carbocycles. The van der Waals surface area contributed by atoms with Gasteiger partial charge in [-0.3, -0.25) is 9.59 Å². The summed E-state index contributed by atoms with van der Waals surface area (Å²) in [5, 5.41) is 5.34. The molecule has 0 aliphatic heterocycles. The summed E-state index contributed by atoms with van der Waals surface area (Å²) in [6.07, 6.45) is 0.801. The topological polar surface area (TPSA) is 80.6 Å². The zero-order valence-corrected chi connectivity index (χ0v) is 14.1. The molecule has 0 saturated carbocycles. The van der Waals surface area contributed by atoms with Crippen LogP contribution in [0.4, 0.5) is 0 Å². The molecule has 2 rings (SSSR count). The molecule has 7 heteroatoms. The molecular formula is C16H17BrN2O4. The quantitative estimate of drug-likeness (QED) is 0.722. The molecule has 1 atom stereocenters. The molecule has 2 aromatic rings. The van der Waals surface area contributed by atoms with Gasteiger partial charge in [-0.2, -0.15) is 0 Å². The first-order chi connectivity index (χ1) is 11.1. The number of carbonyl (C=O) groups is 2. The largest absolute Gasteiger partial charge is 0.481 e. The highest BCUT2D eigenvalue weighted by Crippen LogP contribution is 2.17. The van der Waals surface area contributed by atoms with Crippen LogP contribution in [0.15, 0.2) is 51.6 Å². The van der Waals surface area contributed by atoms with Gasteiger partial charge in [0.2, 0.25) is 0 Å². The molecule has 0 bridgehead atoms. The maximum absolute atomic E-state index is 11.9. The first kappa shape index (κ1) is 17.1. The molecule has 1 unspecified atom stereocenters. The van der Waals surface area contributed by atoms with Gasteiger partial charge in [0, 0.05) is 17.6 Å². The minimum absolute atomic E-state index is 0.239. The molecule has 0 fully saturated rings. The molecule has 0 radical (unpaired) electrons. The molecule has 1 aromatic heterocycles. The molecule has 23 heavy (non-hydrogen) atoms. The Morgan fingerprint density at radius 3 is 2.52 bits per heavy atom. The van der Waals surface area contributed by atoms with Gasteiger partial charge >= 0.3 is 0 Å². The second-order valence-corrected chi connectivity index (χ2v) is 5.65. The Morgan fingerprint density at radius 1 is 1.17 bits per heavy atom. The Bertz CT molecular complexity index is 641. The maximum atomic E-state index is 11.9. The Kier molecular flexibility index (Phi) is 6.22. The molecule has 122 valence electrons. The third-order valence-electron chi connectivity index (χ3n) is 2.95. The fourth-order valence-electron chi connectivity index (χ4n) is 1.77. The average molecular weight is 381 g/mol. The summed E-state index contributed by atoms with van der Waals surface area (Å²) in [6, 6.07) is 10.4. The minimum Gasteiger partial charge on any atom is -0.481 e. The lowest BCUT2D eigenvalue weighted by atomic mass is 10.3. The fraction of sp³-hybridized carbons (Fsp3) is 0.250. The van der Waals surface area contributed by atoms with E-state index < -0.39 is 6.10 Å². The summed E-state index contributed by atoms with van der Waals surface area (Å²) in [5.74, 6) is 0.286. The molecule has 2 N–H and O–H groups in total.